The average molecular weight is 427 g/mol. The molecule has 2 N–H and O–H groups in total. The lowest BCUT2D eigenvalue weighted by Gasteiger charge is -2.27. The molecular formula is C24H30N2O5. The van der Waals surface area contributed by atoms with E-state index in [1.54, 1.807) is 40.1 Å². The summed E-state index contributed by atoms with van der Waals surface area (Å²) in [6.45, 7) is 8.45. The Morgan fingerprint density at radius 2 is 1.71 bits per heavy atom. The Morgan fingerprint density at radius 1 is 1.06 bits per heavy atom. The molecule has 1 heterocycles. The molecule has 0 unspecified atom stereocenters. The first-order valence-corrected chi connectivity index (χ1v) is 10.7. The lowest BCUT2D eigenvalue weighted by atomic mass is 9.98. The summed E-state index contributed by atoms with van der Waals surface area (Å²) >= 11 is 0. The number of ether oxygens (including phenoxy) is 1. The van der Waals surface area contributed by atoms with Crippen molar-refractivity contribution in [2.24, 2.45) is 0 Å². The molecule has 0 saturated carbocycles. The van der Waals surface area contributed by atoms with Crippen LogP contribution in [-0.2, 0) is 4.74 Å². The fourth-order valence-corrected chi connectivity index (χ4v) is 3.68. The van der Waals surface area contributed by atoms with Crippen LogP contribution in [0.3, 0.4) is 0 Å². The minimum absolute atomic E-state index is 0.00254. The molecule has 0 atom stereocenters. The molecule has 2 aromatic carbocycles. The molecule has 2 amide bonds. The summed E-state index contributed by atoms with van der Waals surface area (Å²) in [6.07, 6.45) is 0.718. The highest BCUT2D eigenvalue weighted by Gasteiger charge is 2.24. The van der Waals surface area contributed by atoms with Crippen LogP contribution < -0.4 is 4.90 Å². The Balaban J connectivity index is 1.87. The molecule has 1 aliphatic heterocycles. The van der Waals surface area contributed by atoms with Gasteiger partial charge in [-0.3, -0.25) is 9.59 Å². The largest absolute Gasteiger partial charge is 0.508 e. The number of hydrogen-bond donors (Lipinski definition) is 2. The lowest BCUT2D eigenvalue weighted by molar-refractivity contribution is 0.0303. The number of carbonyl (C=O) groups is 2. The van der Waals surface area contributed by atoms with E-state index in [0.29, 0.717) is 49.7 Å². The average Bonchev–Trinajstić information content (AvgIpc) is 2.77. The summed E-state index contributed by atoms with van der Waals surface area (Å²) in [5.41, 5.74) is 1.94. The molecule has 0 spiro atoms. The predicted octanol–water partition coefficient (Wildman–Crippen LogP) is 3.75. The highest BCUT2D eigenvalue weighted by molar-refractivity contribution is 6.08. The maximum absolute atomic E-state index is 13.3. The zero-order valence-corrected chi connectivity index (χ0v) is 18.3. The molecule has 0 bridgehead atoms. The van der Waals surface area contributed by atoms with Gasteiger partial charge in [-0.2, -0.15) is 0 Å². The molecule has 3 rings (SSSR count). The Bertz CT molecular complexity index is 934. The number of hydrogen-bond acceptors (Lipinski definition) is 5. The molecule has 166 valence electrons. The quantitative estimate of drug-likeness (QED) is 0.734. The minimum atomic E-state index is -0.353. The number of phenolic OH excluding ortho intramolecular Hbond substituents is 2. The Labute approximate surface area is 182 Å². The number of aromatic hydroxyl groups is 2. The van der Waals surface area contributed by atoms with E-state index in [2.05, 4.69) is 0 Å². The molecule has 0 radical (unpaired) electrons. The molecule has 0 aromatic heterocycles. The SMILES string of the molecule is CCCN(C(=O)c1cc(C(C)C)c(O)cc1O)c1ccc(C(=O)N2CCOCC2)cc1. The maximum atomic E-state index is 13.3. The summed E-state index contributed by atoms with van der Waals surface area (Å²) < 4.78 is 5.30. The third-order valence-electron chi connectivity index (χ3n) is 5.41. The Hall–Kier alpha value is -3.06. The van der Waals surface area contributed by atoms with E-state index in [9.17, 15) is 19.8 Å². The van der Waals surface area contributed by atoms with Crippen molar-refractivity contribution in [3.8, 4) is 11.5 Å². The molecule has 1 saturated heterocycles. The van der Waals surface area contributed by atoms with E-state index in [1.807, 2.05) is 20.8 Å². The van der Waals surface area contributed by atoms with Crippen LogP contribution in [0.25, 0.3) is 0 Å². The van der Waals surface area contributed by atoms with Gasteiger partial charge in [0.15, 0.2) is 0 Å². The third kappa shape index (κ3) is 4.99. The molecule has 1 fully saturated rings. The Morgan fingerprint density at radius 3 is 2.29 bits per heavy atom. The van der Waals surface area contributed by atoms with Gasteiger partial charge in [0.1, 0.15) is 11.5 Å². The van der Waals surface area contributed by atoms with Crippen LogP contribution in [0.5, 0.6) is 11.5 Å². The van der Waals surface area contributed by atoms with Gasteiger partial charge in [0.2, 0.25) is 0 Å². The van der Waals surface area contributed by atoms with Crippen molar-refractivity contribution in [1.29, 1.82) is 0 Å². The molecule has 0 aliphatic carbocycles. The van der Waals surface area contributed by atoms with Gasteiger partial charge in [0.05, 0.1) is 18.8 Å². The molecule has 31 heavy (non-hydrogen) atoms. The maximum Gasteiger partial charge on any atom is 0.262 e. The van der Waals surface area contributed by atoms with Crippen LogP contribution in [-0.4, -0.2) is 59.8 Å². The van der Waals surface area contributed by atoms with Gasteiger partial charge < -0.3 is 24.7 Å². The first-order chi connectivity index (χ1) is 14.8. The van der Waals surface area contributed by atoms with E-state index in [4.69, 9.17) is 4.74 Å². The standard InChI is InChI=1S/C24H30N2O5/c1-4-9-26(24(30)20-14-19(16(2)3)21(27)15-22(20)28)18-7-5-17(6-8-18)23(29)25-10-12-31-13-11-25/h5-8,14-16,27-28H,4,9-13H2,1-3H3. The van der Waals surface area contributed by atoms with Gasteiger partial charge in [-0.05, 0) is 48.2 Å². The van der Waals surface area contributed by atoms with Gasteiger partial charge in [0.25, 0.3) is 11.8 Å². The lowest BCUT2D eigenvalue weighted by Crippen LogP contribution is -2.40. The van der Waals surface area contributed by atoms with Crippen molar-refractivity contribution in [2.45, 2.75) is 33.1 Å². The zero-order chi connectivity index (χ0) is 22.5. The minimum Gasteiger partial charge on any atom is -0.508 e. The van der Waals surface area contributed by atoms with Crippen molar-refractivity contribution in [2.75, 3.05) is 37.7 Å². The van der Waals surface area contributed by atoms with Crippen molar-refractivity contribution < 1.29 is 24.5 Å². The van der Waals surface area contributed by atoms with Crippen LogP contribution in [0.15, 0.2) is 36.4 Å². The molecule has 1 aliphatic rings. The number of morpholine rings is 1. The first kappa shape index (κ1) is 22.6. The summed E-state index contributed by atoms with van der Waals surface area (Å²) in [6, 6.07) is 9.72. The van der Waals surface area contributed by atoms with Gasteiger partial charge in [-0.15, -0.1) is 0 Å². The van der Waals surface area contributed by atoms with Crippen LogP contribution in [0.1, 0.15) is 59.4 Å². The van der Waals surface area contributed by atoms with Crippen LogP contribution in [0.2, 0.25) is 0 Å². The van der Waals surface area contributed by atoms with E-state index >= 15 is 0 Å². The van der Waals surface area contributed by atoms with Crippen molar-refractivity contribution in [3.63, 3.8) is 0 Å². The van der Waals surface area contributed by atoms with Crippen LogP contribution >= 0.6 is 0 Å². The summed E-state index contributed by atoms with van der Waals surface area (Å²) in [5.74, 6) is -0.698. The second-order valence-corrected chi connectivity index (χ2v) is 7.99. The number of benzene rings is 2. The number of anilines is 1. The molecular weight excluding hydrogens is 396 g/mol. The first-order valence-electron chi connectivity index (χ1n) is 10.7. The highest BCUT2D eigenvalue weighted by atomic mass is 16.5. The van der Waals surface area contributed by atoms with Crippen molar-refractivity contribution >= 4 is 17.5 Å². The fraction of sp³-hybridized carbons (Fsp3) is 0.417. The second-order valence-electron chi connectivity index (χ2n) is 7.99. The normalized spacial score (nSPS) is 14.0. The molecule has 7 heteroatoms. The number of amides is 2. The number of phenols is 2. The van der Waals surface area contributed by atoms with Gasteiger partial charge in [-0.1, -0.05) is 20.8 Å². The summed E-state index contributed by atoms with van der Waals surface area (Å²) in [4.78, 5) is 29.3. The van der Waals surface area contributed by atoms with Crippen LogP contribution in [0, 0.1) is 0 Å². The smallest absolute Gasteiger partial charge is 0.262 e. The summed E-state index contributed by atoms with van der Waals surface area (Å²) in [5, 5.41) is 20.4. The fourth-order valence-electron chi connectivity index (χ4n) is 3.68. The van der Waals surface area contributed by atoms with Crippen LogP contribution in [0.4, 0.5) is 5.69 Å². The van der Waals surface area contributed by atoms with Gasteiger partial charge >= 0.3 is 0 Å². The summed E-state index contributed by atoms with van der Waals surface area (Å²) in [7, 11) is 0. The highest BCUT2D eigenvalue weighted by Crippen LogP contribution is 2.33. The van der Waals surface area contributed by atoms with Crippen molar-refractivity contribution in [3.05, 3.63) is 53.1 Å². The second kappa shape index (κ2) is 9.83. The van der Waals surface area contributed by atoms with E-state index < -0.39 is 0 Å². The topological polar surface area (TPSA) is 90.3 Å². The number of rotatable bonds is 6. The zero-order valence-electron chi connectivity index (χ0n) is 18.3. The molecule has 2 aromatic rings. The van der Waals surface area contributed by atoms with Gasteiger partial charge in [-0.25, -0.2) is 0 Å². The number of nitrogens with zero attached hydrogens (tertiary/aromatic N) is 2. The van der Waals surface area contributed by atoms with Crippen molar-refractivity contribution in [1.82, 2.24) is 4.90 Å². The molecule has 7 nitrogen and oxygen atoms in total. The van der Waals surface area contributed by atoms with E-state index in [-0.39, 0.29) is 34.8 Å². The van der Waals surface area contributed by atoms with Gasteiger partial charge in [0, 0.05) is 37.0 Å². The predicted molar refractivity (Wildman–Crippen MR) is 119 cm³/mol. The van der Waals surface area contributed by atoms with E-state index in [0.717, 1.165) is 6.42 Å². The monoisotopic (exact) mass is 426 g/mol. The Kier molecular flexibility index (Phi) is 7.17. The van der Waals surface area contributed by atoms with E-state index in [1.165, 1.54) is 6.07 Å². The number of carbonyl (C=O) groups excluding carboxylic acids is 2. The third-order valence-corrected chi connectivity index (χ3v) is 5.41.